The molecule has 2 fully saturated rings. The van der Waals surface area contributed by atoms with Crippen molar-refractivity contribution >= 4 is 5.78 Å². The fourth-order valence-electron chi connectivity index (χ4n) is 3.37. The lowest BCUT2D eigenvalue weighted by atomic mass is 9.81. The largest absolute Gasteiger partial charge is 0.497 e. The lowest BCUT2D eigenvalue weighted by molar-refractivity contribution is -0.126. The Hall–Kier alpha value is -0.830. The minimum absolute atomic E-state index is 0.0763. The van der Waals surface area contributed by atoms with Crippen LogP contribution < -0.4 is 5.32 Å². The summed E-state index contributed by atoms with van der Waals surface area (Å²) in [5.74, 6) is 0.409. The molecule has 88 valence electrons. The van der Waals surface area contributed by atoms with Crippen LogP contribution in [0, 0.1) is 5.92 Å². The number of rotatable bonds is 1. The predicted octanol–water partition coefficient (Wildman–Crippen LogP) is 1.78. The molecule has 3 aliphatic heterocycles. The third-order valence-electron chi connectivity index (χ3n) is 4.29. The van der Waals surface area contributed by atoms with Gasteiger partial charge in [-0.05, 0) is 32.1 Å². The molecule has 0 saturated carbocycles. The van der Waals surface area contributed by atoms with Gasteiger partial charge in [0.05, 0.1) is 12.2 Å². The molecule has 3 aliphatic rings. The fourth-order valence-corrected chi connectivity index (χ4v) is 3.37. The zero-order valence-electron chi connectivity index (χ0n) is 9.74. The molecule has 0 amide bonds. The van der Waals surface area contributed by atoms with Crippen molar-refractivity contribution in [2.75, 3.05) is 0 Å². The van der Waals surface area contributed by atoms with Gasteiger partial charge >= 0.3 is 0 Å². The van der Waals surface area contributed by atoms with E-state index in [-0.39, 0.29) is 12.0 Å². The van der Waals surface area contributed by atoms with Crippen molar-refractivity contribution in [2.24, 2.45) is 5.92 Å². The van der Waals surface area contributed by atoms with E-state index in [0.29, 0.717) is 17.9 Å². The number of hydrogen-bond donors (Lipinski definition) is 1. The topological polar surface area (TPSA) is 38.3 Å². The summed E-state index contributed by atoms with van der Waals surface area (Å²) in [6.07, 6.45) is 7.18. The van der Waals surface area contributed by atoms with E-state index in [1.165, 1.54) is 6.42 Å². The van der Waals surface area contributed by atoms with Crippen molar-refractivity contribution in [1.82, 2.24) is 5.32 Å². The van der Waals surface area contributed by atoms with Crippen molar-refractivity contribution in [3.05, 3.63) is 11.8 Å². The Balaban J connectivity index is 1.89. The van der Waals surface area contributed by atoms with E-state index < -0.39 is 0 Å². The maximum Gasteiger partial charge on any atom is 0.170 e. The van der Waals surface area contributed by atoms with Crippen LogP contribution in [-0.2, 0) is 9.53 Å². The Bertz CT molecular complexity index is 337. The average Bonchev–Trinajstić information content (AvgIpc) is 2.65. The molecular weight excluding hydrogens is 202 g/mol. The summed E-state index contributed by atoms with van der Waals surface area (Å²) in [5.41, 5.74) is 0.869. The van der Waals surface area contributed by atoms with E-state index in [1.54, 1.807) is 6.26 Å². The number of nitrogens with one attached hydrogen (secondary N) is 1. The molecule has 0 aromatic heterocycles. The van der Waals surface area contributed by atoms with E-state index in [9.17, 15) is 4.79 Å². The zero-order valence-corrected chi connectivity index (χ0v) is 9.74. The number of hydrogen-bond acceptors (Lipinski definition) is 3. The summed E-state index contributed by atoms with van der Waals surface area (Å²) in [6, 6.07) is 0.984. The van der Waals surface area contributed by atoms with Gasteiger partial charge in [0, 0.05) is 17.7 Å². The van der Waals surface area contributed by atoms with Crippen LogP contribution in [0.15, 0.2) is 11.8 Å². The lowest BCUT2D eigenvalue weighted by Crippen LogP contribution is -2.45. The summed E-state index contributed by atoms with van der Waals surface area (Å²) in [6.45, 7) is 2.02. The van der Waals surface area contributed by atoms with E-state index >= 15 is 0 Å². The van der Waals surface area contributed by atoms with Gasteiger partial charge in [-0.25, -0.2) is 0 Å². The second kappa shape index (κ2) is 3.88. The molecule has 2 saturated heterocycles. The minimum Gasteiger partial charge on any atom is -0.497 e. The number of carbonyl (C=O) groups excluding carboxylic acids is 1. The number of carbonyl (C=O) groups is 1. The smallest absolute Gasteiger partial charge is 0.170 e. The number of allylic oxidation sites excluding steroid dienone is 1. The summed E-state index contributed by atoms with van der Waals surface area (Å²) in [7, 11) is 0. The fraction of sp³-hybridized carbons (Fsp3) is 0.769. The van der Waals surface area contributed by atoms with Gasteiger partial charge in [0.25, 0.3) is 0 Å². The Kier molecular flexibility index (Phi) is 2.51. The molecule has 2 bridgehead atoms. The summed E-state index contributed by atoms with van der Waals surface area (Å²) >= 11 is 0. The highest BCUT2D eigenvalue weighted by atomic mass is 16.5. The van der Waals surface area contributed by atoms with Gasteiger partial charge in [-0.2, -0.15) is 0 Å². The minimum atomic E-state index is 0.0763. The second-order valence-corrected chi connectivity index (χ2v) is 5.19. The standard InChI is InChI=1S/C13H19NO2/c1-2-8-7-16-11-6-4-9-3-5-10(14-9)12(11)13(8)15/h7,9-12,14H,2-6H2,1H3. The molecule has 3 nitrogen and oxygen atoms in total. The molecule has 0 aromatic carbocycles. The number of ketones is 1. The Labute approximate surface area is 96.2 Å². The monoisotopic (exact) mass is 221 g/mol. The van der Waals surface area contributed by atoms with E-state index in [0.717, 1.165) is 31.3 Å². The van der Waals surface area contributed by atoms with Gasteiger partial charge in [0.2, 0.25) is 0 Å². The van der Waals surface area contributed by atoms with E-state index in [2.05, 4.69) is 5.32 Å². The van der Waals surface area contributed by atoms with Crippen molar-refractivity contribution in [3.63, 3.8) is 0 Å². The first-order valence-electron chi connectivity index (χ1n) is 6.44. The van der Waals surface area contributed by atoms with Crippen molar-refractivity contribution in [1.29, 1.82) is 0 Å². The maximum absolute atomic E-state index is 12.3. The first-order chi connectivity index (χ1) is 7.79. The molecular formula is C13H19NO2. The van der Waals surface area contributed by atoms with Gasteiger partial charge in [0.15, 0.2) is 5.78 Å². The van der Waals surface area contributed by atoms with Gasteiger partial charge in [-0.3, -0.25) is 4.79 Å². The highest BCUT2D eigenvalue weighted by Gasteiger charge is 2.45. The molecule has 0 spiro atoms. The number of fused-ring (bicyclic) bond motifs is 4. The normalized spacial score (nSPS) is 42.1. The van der Waals surface area contributed by atoms with Crippen LogP contribution in [0.3, 0.4) is 0 Å². The molecule has 1 N–H and O–H groups in total. The first kappa shape index (κ1) is 10.3. The Morgan fingerprint density at radius 1 is 1.38 bits per heavy atom. The maximum atomic E-state index is 12.3. The summed E-state index contributed by atoms with van der Waals surface area (Å²) in [4.78, 5) is 12.3. The van der Waals surface area contributed by atoms with Crippen molar-refractivity contribution in [3.8, 4) is 0 Å². The molecule has 3 rings (SSSR count). The van der Waals surface area contributed by atoms with Gasteiger partial charge in [-0.1, -0.05) is 6.92 Å². The molecule has 3 heteroatoms. The molecule has 0 aromatic rings. The SMILES string of the molecule is CCC1=COC2CCC3CCC(N3)C2C1=O. The third kappa shape index (κ3) is 1.49. The Morgan fingerprint density at radius 2 is 2.19 bits per heavy atom. The molecule has 4 unspecified atom stereocenters. The average molecular weight is 221 g/mol. The van der Waals surface area contributed by atoms with Gasteiger partial charge in [0.1, 0.15) is 6.10 Å². The van der Waals surface area contributed by atoms with Crippen LogP contribution in [-0.4, -0.2) is 24.0 Å². The molecule has 0 aliphatic carbocycles. The van der Waals surface area contributed by atoms with Gasteiger partial charge in [-0.15, -0.1) is 0 Å². The summed E-state index contributed by atoms with van der Waals surface area (Å²) in [5, 5.41) is 3.60. The van der Waals surface area contributed by atoms with E-state index in [1.807, 2.05) is 6.92 Å². The van der Waals surface area contributed by atoms with Gasteiger partial charge < -0.3 is 10.1 Å². The molecule has 0 radical (unpaired) electrons. The quantitative estimate of drug-likeness (QED) is 0.733. The van der Waals surface area contributed by atoms with Crippen LogP contribution in [0.1, 0.15) is 39.0 Å². The summed E-state index contributed by atoms with van der Waals surface area (Å²) < 4.78 is 5.77. The third-order valence-corrected chi connectivity index (χ3v) is 4.29. The van der Waals surface area contributed by atoms with Crippen molar-refractivity contribution < 1.29 is 9.53 Å². The van der Waals surface area contributed by atoms with E-state index in [4.69, 9.17) is 4.74 Å². The highest BCUT2D eigenvalue weighted by molar-refractivity contribution is 5.98. The second-order valence-electron chi connectivity index (χ2n) is 5.19. The van der Waals surface area contributed by atoms with Crippen LogP contribution in [0.25, 0.3) is 0 Å². The van der Waals surface area contributed by atoms with Crippen LogP contribution in [0.5, 0.6) is 0 Å². The number of Topliss-reactive ketones (excluding diaryl/α,β-unsaturated/α-hetero) is 1. The highest BCUT2D eigenvalue weighted by Crippen LogP contribution is 2.36. The van der Waals surface area contributed by atoms with Crippen LogP contribution >= 0.6 is 0 Å². The predicted molar refractivity (Wildman–Crippen MR) is 60.9 cm³/mol. The van der Waals surface area contributed by atoms with Crippen LogP contribution in [0.4, 0.5) is 0 Å². The molecule has 16 heavy (non-hydrogen) atoms. The molecule has 3 heterocycles. The lowest BCUT2D eigenvalue weighted by Gasteiger charge is -2.32. The Morgan fingerprint density at radius 3 is 3.00 bits per heavy atom. The van der Waals surface area contributed by atoms with Crippen LogP contribution in [0.2, 0.25) is 0 Å². The first-order valence-corrected chi connectivity index (χ1v) is 6.44. The number of ether oxygens (including phenoxy) is 1. The van der Waals surface area contributed by atoms with Crippen molar-refractivity contribution in [2.45, 2.75) is 57.2 Å². The zero-order chi connectivity index (χ0) is 11.1. The molecule has 4 atom stereocenters.